The number of carbonyl (C=O) groups is 12. The van der Waals surface area contributed by atoms with Gasteiger partial charge < -0.3 is 90.8 Å². The Morgan fingerprint density at radius 2 is 0.785 bits per heavy atom. The Morgan fingerprint density at radius 3 is 1.22 bits per heavy atom. The van der Waals surface area contributed by atoms with Crippen molar-refractivity contribution in [3.63, 3.8) is 0 Å². The lowest BCUT2D eigenvalue weighted by atomic mass is 10.00. The number of nitrogens with two attached hydrogens (primary N) is 3. The number of H-pyrrole nitrogens is 2. The van der Waals surface area contributed by atoms with Gasteiger partial charge in [0.15, 0.2) is 0 Å². The highest BCUT2D eigenvalue weighted by molar-refractivity contribution is 8.77. The highest BCUT2D eigenvalue weighted by atomic mass is 33.1. The van der Waals surface area contributed by atoms with Crippen LogP contribution >= 0.6 is 43.2 Å². The molecule has 0 bridgehead atoms. The molecular weight excluding hydrogens is 1450 g/mol. The smallest absolute Gasteiger partial charge is 0.327 e. The summed E-state index contributed by atoms with van der Waals surface area (Å²) in [5.41, 5.74) is 22.4. The molecule has 2 fully saturated rings. The molecule has 0 saturated carbocycles. The normalized spacial score (nSPS) is 24.5. The first-order chi connectivity index (χ1) is 51.4. The van der Waals surface area contributed by atoms with Gasteiger partial charge in [0.1, 0.15) is 66.5 Å². The number of benzene rings is 4. The van der Waals surface area contributed by atoms with Gasteiger partial charge in [0.25, 0.3) is 0 Å². The number of fused-ring (bicyclic) bond motifs is 2. The van der Waals surface area contributed by atoms with E-state index in [0.717, 1.165) is 65.0 Å². The van der Waals surface area contributed by atoms with E-state index in [4.69, 9.17) is 17.2 Å². The maximum atomic E-state index is 15.3. The number of carboxylic acids is 1. The summed E-state index contributed by atoms with van der Waals surface area (Å²) < 4.78 is 0. The minimum atomic E-state index is -1.61. The number of carboxylic acid groups (broad SMARTS) is 1. The van der Waals surface area contributed by atoms with E-state index in [1.165, 1.54) is 0 Å². The Morgan fingerprint density at radius 1 is 0.421 bits per heavy atom. The summed E-state index contributed by atoms with van der Waals surface area (Å²) in [6.07, 6.45) is 4.70. The molecule has 29 nitrogen and oxygen atoms in total. The average molecular weight is 1550 g/mol. The number of aliphatic carboxylic acids is 1. The van der Waals surface area contributed by atoms with Crippen molar-refractivity contribution in [3.8, 4) is 0 Å². The zero-order valence-electron chi connectivity index (χ0n) is 60.2. The summed E-state index contributed by atoms with van der Waals surface area (Å²) in [5.74, 6) is -12.8. The fourth-order valence-corrected chi connectivity index (χ4v) is 16.8. The van der Waals surface area contributed by atoms with E-state index in [1.54, 1.807) is 107 Å². The molecule has 2 aliphatic rings. The summed E-state index contributed by atoms with van der Waals surface area (Å²) in [6.45, 7) is 7.11. The van der Waals surface area contributed by atoms with Gasteiger partial charge in [-0.05, 0) is 97.8 Å². The lowest BCUT2D eigenvalue weighted by Gasteiger charge is -2.30. The van der Waals surface area contributed by atoms with E-state index >= 15 is 19.2 Å². The van der Waals surface area contributed by atoms with Crippen molar-refractivity contribution in [2.45, 2.75) is 164 Å². The monoisotopic (exact) mass is 1550 g/mol. The van der Waals surface area contributed by atoms with Crippen molar-refractivity contribution in [1.29, 1.82) is 0 Å². The van der Waals surface area contributed by atoms with Crippen molar-refractivity contribution < 1.29 is 62.6 Å². The van der Waals surface area contributed by atoms with Gasteiger partial charge in [0.2, 0.25) is 65.0 Å². The van der Waals surface area contributed by atoms with Crippen LogP contribution in [0.25, 0.3) is 21.8 Å². The molecule has 107 heavy (non-hydrogen) atoms. The Labute approximate surface area is 636 Å². The summed E-state index contributed by atoms with van der Waals surface area (Å²) >= 11 is 0. The standard InChI is InChI=1S/C74H98N16O13S4/c1-41(2)61-72(100)87-59(39-105-104-37-49(77)63(91)82-54(31-43-19-7-5-8-20-43)66(94)84-56(33-45-35-78-50-25-13-11-23-47(45)50)68(96)80-52(64(92)89-61)27-15-17-29-75)71(99)86-58-38-106-107-40-60(74(102)103)88-73(101)62(42(3)4)90-65(93)53(28-16-18-30-76)81-69(97)57(34-46-36-79-51-26-14-12-24-48(46)51)85-67(95)55(83-70(58)98)32-44-21-9-6-10-22-44/h5-14,19-26,35-36,41-42,49,52-62,78-79H,15-18,27-34,37-40,75-77H2,1-4H3,(H,80,96)(H,81,97)(H,82,91)(H,83,98)(H,84,94)(H,85,95)(H,86,99)(H,87,100)(H,88,101)(H,89,92)(H,90,93)(H,102,103)/t49-,52-,53-,54-,55-,56+,57+,58-,59-,60-,61-,62-/m0/s1. The third-order valence-electron chi connectivity index (χ3n) is 18.3. The number of nitrogens with one attached hydrogen (secondary N) is 13. The SMILES string of the molecule is CC(C)[C@@H]1NC(=O)[C@H](CCCCN)NC(=O)[C@@H](Cc2c[nH]c3ccccc23)NC(=O)[C@H](Cc2ccccc2)NC(=O)[C@@H](NC(=O)[C@@H]2CSSC[C@H](N)C(=O)N[C@@H](Cc3ccccc3)C(=O)N[C@H](Cc3c[nH]c4ccccc34)C(=O)N[C@@H](CCCCN)C(=O)N[C@@H](C(C)C)C(=O)N2)CSSC[C@@H](C(=O)O)NC1=O. The molecule has 12 atom stereocenters. The van der Waals surface area contributed by atoms with Gasteiger partial charge in [-0.2, -0.15) is 0 Å². The number of hydrogen-bond acceptors (Lipinski definition) is 19. The average Bonchev–Trinajstić information content (AvgIpc) is 1.71. The predicted molar refractivity (Wildman–Crippen MR) is 416 cm³/mol. The van der Waals surface area contributed by atoms with Gasteiger partial charge in [0, 0.05) is 82.9 Å². The quantitative estimate of drug-likeness (QED) is 0.0362. The van der Waals surface area contributed by atoms with Crippen LogP contribution in [0.1, 0.15) is 88.5 Å². The molecule has 20 N–H and O–H groups in total. The first-order valence-electron chi connectivity index (χ1n) is 35.8. The van der Waals surface area contributed by atoms with Crippen LogP contribution in [0.3, 0.4) is 0 Å². The van der Waals surface area contributed by atoms with Crippen LogP contribution < -0.4 is 75.7 Å². The van der Waals surface area contributed by atoms with Crippen LogP contribution in [0.15, 0.2) is 122 Å². The Kier molecular flexibility index (Phi) is 32.7. The van der Waals surface area contributed by atoms with Crippen molar-refractivity contribution in [1.82, 2.24) is 68.5 Å². The zero-order chi connectivity index (χ0) is 77.1. The molecule has 8 rings (SSSR count). The molecule has 11 amide bonds. The summed E-state index contributed by atoms with van der Waals surface area (Å²) in [4.78, 5) is 183. The van der Waals surface area contributed by atoms with Crippen LogP contribution in [0.2, 0.25) is 0 Å². The topological polar surface area (TPSA) is 467 Å². The maximum absolute atomic E-state index is 15.3. The van der Waals surface area contributed by atoms with E-state index in [-0.39, 0.29) is 74.6 Å². The fraction of sp³-hybridized carbons (Fsp3) is 0.459. The third kappa shape index (κ3) is 25.0. The number of carbonyl (C=O) groups excluding carboxylic acids is 11. The first kappa shape index (κ1) is 83.5. The minimum Gasteiger partial charge on any atom is -0.480 e. The molecule has 2 aliphatic heterocycles. The van der Waals surface area contributed by atoms with Gasteiger partial charge in [-0.1, -0.05) is 168 Å². The van der Waals surface area contributed by atoms with E-state index in [0.29, 0.717) is 47.9 Å². The number of aromatic amines is 2. The number of rotatable bonds is 21. The molecular formula is C74H98N16O13S4. The number of unbranched alkanes of at least 4 members (excludes halogenated alkanes) is 2. The number of aromatic nitrogens is 2. The van der Waals surface area contributed by atoms with E-state index in [1.807, 2.05) is 42.5 Å². The molecule has 0 spiro atoms. The number of para-hydroxylation sites is 2. The van der Waals surface area contributed by atoms with Gasteiger partial charge in [0.05, 0.1) is 6.04 Å². The first-order valence-corrected chi connectivity index (χ1v) is 40.8. The van der Waals surface area contributed by atoms with Crippen LogP contribution in [-0.2, 0) is 83.2 Å². The van der Waals surface area contributed by atoms with E-state index in [2.05, 4.69) is 68.5 Å². The molecule has 6 aromatic rings. The lowest BCUT2D eigenvalue weighted by molar-refractivity contribution is -0.142. The zero-order valence-corrected chi connectivity index (χ0v) is 63.4. The van der Waals surface area contributed by atoms with E-state index in [9.17, 15) is 43.5 Å². The summed E-state index contributed by atoms with van der Waals surface area (Å²) in [5, 5.41) is 42.6. The molecule has 576 valence electrons. The van der Waals surface area contributed by atoms with Crippen molar-refractivity contribution in [2.75, 3.05) is 36.1 Å². The van der Waals surface area contributed by atoms with Crippen LogP contribution in [0.5, 0.6) is 0 Å². The van der Waals surface area contributed by atoms with Gasteiger partial charge in [-0.25, -0.2) is 4.79 Å². The highest BCUT2D eigenvalue weighted by Crippen LogP contribution is 2.27. The van der Waals surface area contributed by atoms with Gasteiger partial charge in [-0.3, -0.25) is 52.7 Å². The largest absolute Gasteiger partial charge is 0.480 e. The summed E-state index contributed by atoms with van der Waals surface area (Å²) in [7, 11) is 3.93. The molecule has 0 aliphatic carbocycles. The Balaban J connectivity index is 1.14. The Hall–Kier alpha value is -9.12. The molecule has 4 aromatic carbocycles. The van der Waals surface area contributed by atoms with Gasteiger partial charge in [-0.15, -0.1) is 0 Å². The molecule has 4 heterocycles. The van der Waals surface area contributed by atoms with Crippen molar-refractivity contribution in [3.05, 3.63) is 144 Å². The molecule has 0 radical (unpaired) electrons. The van der Waals surface area contributed by atoms with Crippen LogP contribution in [0, 0.1) is 11.8 Å². The van der Waals surface area contributed by atoms with Crippen molar-refractivity contribution >= 4 is 136 Å². The second-order valence-electron chi connectivity index (χ2n) is 27.2. The minimum absolute atomic E-state index is 0.0207. The maximum Gasteiger partial charge on any atom is 0.327 e. The second-order valence-corrected chi connectivity index (χ2v) is 32.3. The molecule has 2 aromatic heterocycles. The van der Waals surface area contributed by atoms with Crippen LogP contribution in [0.4, 0.5) is 0 Å². The van der Waals surface area contributed by atoms with Gasteiger partial charge >= 0.3 is 5.97 Å². The second kappa shape index (κ2) is 41.9. The Bertz CT molecular complexity index is 4040. The van der Waals surface area contributed by atoms with Crippen LogP contribution in [-0.4, -0.2) is 195 Å². The molecule has 2 saturated heterocycles. The third-order valence-corrected chi connectivity index (χ3v) is 23.2. The number of amides is 11. The predicted octanol–water partition coefficient (Wildman–Crippen LogP) is 2.02. The van der Waals surface area contributed by atoms with E-state index < -0.39 is 155 Å². The fourth-order valence-electron chi connectivity index (χ4n) is 12.2. The highest BCUT2D eigenvalue weighted by Gasteiger charge is 2.39. The number of hydrogen-bond donors (Lipinski definition) is 17. The summed E-state index contributed by atoms with van der Waals surface area (Å²) in [6, 6.07) is 15.3. The van der Waals surface area contributed by atoms with Crippen molar-refractivity contribution in [2.24, 2.45) is 29.0 Å². The molecule has 33 heteroatoms. The molecule has 0 unspecified atom stereocenters. The lowest BCUT2D eigenvalue weighted by Crippen LogP contribution is -2.62.